The van der Waals surface area contributed by atoms with Crippen molar-refractivity contribution in [3.63, 3.8) is 0 Å². The van der Waals surface area contributed by atoms with Crippen LogP contribution in [0.3, 0.4) is 0 Å². The van der Waals surface area contributed by atoms with Crippen LogP contribution in [0.1, 0.15) is 23.6 Å². The lowest BCUT2D eigenvalue weighted by Gasteiger charge is -2.13. The minimum atomic E-state index is -0.261. The van der Waals surface area contributed by atoms with Crippen molar-refractivity contribution in [2.75, 3.05) is 13.2 Å². The molecule has 3 aromatic carbocycles. The molecule has 2 N–H and O–H groups in total. The molecule has 0 saturated carbocycles. The zero-order valence-electron chi connectivity index (χ0n) is 18.2. The molecular weight excluding hydrogens is 402 g/mol. The molecular formula is C27H27NO4. The second-order valence-electron chi connectivity index (χ2n) is 7.60. The number of carbonyl (C=O) groups is 1. The van der Waals surface area contributed by atoms with Crippen LogP contribution in [0.2, 0.25) is 0 Å². The number of ether oxygens (including phenoxy) is 2. The highest BCUT2D eigenvalue weighted by atomic mass is 16.5. The molecule has 0 spiro atoms. The van der Waals surface area contributed by atoms with Crippen molar-refractivity contribution in [3.05, 3.63) is 89.7 Å². The molecule has 0 bridgehead atoms. The SMILES string of the molecule is CCOC(=O)Cc1ccccc1OCc1cc(-c2cccc(CCN)c2)c2occc2c1. The van der Waals surface area contributed by atoms with Gasteiger partial charge in [-0.3, -0.25) is 4.79 Å². The van der Waals surface area contributed by atoms with Crippen molar-refractivity contribution < 1.29 is 18.7 Å². The Hall–Kier alpha value is -3.57. The molecule has 5 heteroatoms. The molecule has 0 fully saturated rings. The topological polar surface area (TPSA) is 74.7 Å². The Balaban J connectivity index is 1.61. The third kappa shape index (κ3) is 5.01. The minimum absolute atomic E-state index is 0.184. The van der Waals surface area contributed by atoms with Crippen LogP contribution in [0.5, 0.6) is 5.75 Å². The molecule has 0 unspecified atom stereocenters. The third-order valence-corrected chi connectivity index (χ3v) is 5.29. The van der Waals surface area contributed by atoms with E-state index in [1.54, 1.807) is 13.2 Å². The Morgan fingerprint density at radius 3 is 2.72 bits per heavy atom. The van der Waals surface area contributed by atoms with Gasteiger partial charge in [0.05, 0.1) is 19.3 Å². The lowest BCUT2D eigenvalue weighted by Crippen LogP contribution is -2.09. The first-order chi connectivity index (χ1) is 15.7. The van der Waals surface area contributed by atoms with E-state index in [9.17, 15) is 4.79 Å². The van der Waals surface area contributed by atoms with E-state index in [4.69, 9.17) is 19.6 Å². The maximum absolute atomic E-state index is 11.9. The van der Waals surface area contributed by atoms with Crippen LogP contribution in [0.15, 0.2) is 77.4 Å². The van der Waals surface area contributed by atoms with E-state index in [-0.39, 0.29) is 12.4 Å². The summed E-state index contributed by atoms with van der Waals surface area (Å²) in [7, 11) is 0. The van der Waals surface area contributed by atoms with Gasteiger partial charge in [-0.15, -0.1) is 0 Å². The molecule has 0 aliphatic heterocycles. The number of para-hydroxylation sites is 1. The zero-order valence-corrected chi connectivity index (χ0v) is 18.2. The third-order valence-electron chi connectivity index (χ3n) is 5.29. The van der Waals surface area contributed by atoms with Crippen LogP contribution in [-0.4, -0.2) is 19.1 Å². The van der Waals surface area contributed by atoms with E-state index >= 15 is 0 Å². The van der Waals surface area contributed by atoms with Gasteiger partial charge in [0.15, 0.2) is 0 Å². The predicted molar refractivity (Wildman–Crippen MR) is 126 cm³/mol. The van der Waals surface area contributed by atoms with Gasteiger partial charge in [0.25, 0.3) is 0 Å². The Morgan fingerprint density at radius 1 is 1.00 bits per heavy atom. The summed E-state index contributed by atoms with van der Waals surface area (Å²) in [5.74, 6) is 0.419. The van der Waals surface area contributed by atoms with E-state index < -0.39 is 0 Å². The molecule has 0 atom stereocenters. The fourth-order valence-electron chi connectivity index (χ4n) is 3.82. The number of fused-ring (bicyclic) bond motifs is 1. The number of benzene rings is 3. The number of nitrogens with two attached hydrogens (primary N) is 1. The van der Waals surface area contributed by atoms with Crippen molar-refractivity contribution in [2.24, 2.45) is 5.73 Å². The van der Waals surface area contributed by atoms with Crippen LogP contribution in [-0.2, 0) is 29.0 Å². The Morgan fingerprint density at radius 2 is 1.88 bits per heavy atom. The Labute approximate surface area is 187 Å². The van der Waals surface area contributed by atoms with Crippen molar-refractivity contribution in [2.45, 2.75) is 26.4 Å². The number of furan rings is 1. The summed E-state index contributed by atoms with van der Waals surface area (Å²) in [6, 6.07) is 22.1. The summed E-state index contributed by atoms with van der Waals surface area (Å²) in [6.45, 7) is 3.15. The van der Waals surface area contributed by atoms with Gasteiger partial charge in [-0.1, -0.05) is 42.5 Å². The second kappa shape index (κ2) is 10.2. The monoisotopic (exact) mass is 429 g/mol. The maximum atomic E-state index is 11.9. The molecule has 0 aliphatic rings. The summed E-state index contributed by atoms with van der Waals surface area (Å²) in [5.41, 5.74) is 11.7. The molecule has 0 amide bonds. The number of carbonyl (C=O) groups excluding carboxylic acids is 1. The molecule has 4 aromatic rings. The zero-order chi connectivity index (χ0) is 22.3. The van der Waals surface area contributed by atoms with Gasteiger partial charge in [0.2, 0.25) is 0 Å². The lowest BCUT2D eigenvalue weighted by molar-refractivity contribution is -0.142. The normalized spacial score (nSPS) is 10.9. The first-order valence-corrected chi connectivity index (χ1v) is 10.8. The highest BCUT2D eigenvalue weighted by Crippen LogP contribution is 2.32. The van der Waals surface area contributed by atoms with Crippen molar-refractivity contribution >= 4 is 16.9 Å². The van der Waals surface area contributed by atoms with Gasteiger partial charge in [0.1, 0.15) is 17.9 Å². The standard InChI is InChI=1S/C27H27NO4/c1-2-30-26(29)17-22-7-3-4-9-25(22)32-18-20-15-23-11-13-31-27(23)24(16-20)21-8-5-6-19(14-21)10-12-28/h3-9,11,13-16H,2,10,12,17-18,28H2,1H3. The molecule has 0 aliphatic carbocycles. The average molecular weight is 430 g/mol. The van der Waals surface area contributed by atoms with Crippen molar-refractivity contribution in [1.29, 1.82) is 0 Å². The molecule has 5 nitrogen and oxygen atoms in total. The summed E-state index contributed by atoms with van der Waals surface area (Å²) >= 11 is 0. The van der Waals surface area contributed by atoms with Gasteiger partial charge in [-0.25, -0.2) is 0 Å². The average Bonchev–Trinajstić information content (AvgIpc) is 3.27. The van der Waals surface area contributed by atoms with Gasteiger partial charge < -0.3 is 19.6 Å². The van der Waals surface area contributed by atoms with Crippen molar-refractivity contribution in [3.8, 4) is 16.9 Å². The van der Waals surface area contributed by atoms with E-state index in [1.807, 2.05) is 36.4 Å². The van der Waals surface area contributed by atoms with Crippen LogP contribution >= 0.6 is 0 Å². The van der Waals surface area contributed by atoms with Crippen LogP contribution in [0.25, 0.3) is 22.1 Å². The summed E-state index contributed by atoms with van der Waals surface area (Å²) in [5, 5.41) is 1.02. The van der Waals surface area contributed by atoms with Crippen LogP contribution < -0.4 is 10.5 Å². The van der Waals surface area contributed by atoms with Gasteiger partial charge in [0, 0.05) is 16.5 Å². The number of rotatable bonds is 9. The quantitative estimate of drug-likeness (QED) is 0.366. The van der Waals surface area contributed by atoms with Gasteiger partial charge in [-0.2, -0.15) is 0 Å². The summed E-state index contributed by atoms with van der Waals surface area (Å²) in [6.07, 6.45) is 2.72. The number of esters is 1. The highest BCUT2D eigenvalue weighted by Gasteiger charge is 2.13. The van der Waals surface area contributed by atoms with Crippen LogP contribution in [0.4, 0.5) is 0 Å². The maximum Gasteiger partial charge on any atom is 0.310 e. The summed E-state index contributed by atoms with van der Waals surface area (Å²) in [4.78, 5) is 11.9. The minimum Gasteiger partial charge on any atom is -0.489 e. The Bertz CT molecular complexity index is 1210. The Kier molecular flexibility index (Phi) is 6.87. The van der Waals surface area contributed by atoms with Gasteiger partial charge in [-0.05, 0) is 60.8 Å². The molecule has 4 rings (SSSR count). The smallest absolute Gasteiger partial charge is 0.310 e. The van der Waals surface area contributed by atoms with E-state index in [2.05, 4.69) is 30.3 Å². The van der Waals surface area contributed by atoms with E-state index in [1.165, 1.54) is 5.56 Å². The fraction of sp³-hybridized carbons (Fsp3) is 0.222. The molecule has 0 radical (unpaired) electrons. The van der Waals surface area contributed by atoms with Crippen molar-refractivity contribution in [1.82, 2.24) is 0 Å². The largest absolute Gasteiger partial charge is 0.489 e. The summed E-state index contributed by atoms with van der Waals surface area (Å²) < 4.78 is 17.0. The lowest BCUT2D eigenvalue weighted by atomic mass is 9.98. The van der Waals surface area contributed by atoms with Crippen LogP contribution in [0, 0.1) is 0 Å². The first-order valence-electron chi connectivity index (χ1n) is 10.8. The van der Waals surface area contributed by atoms with E-state index in [0.717, 1.165) is 39.6 Å². The van der Waals surface area contributed by atoms with E-state index in [0.29, 0.717) is 25.5 Å². The highest BCUT2D eigenvalue weighted by molar-refractivity contribution is 5.93. The molecule has 0 saturated heterocycles. The molecule has 1 aromatic heterocycles. The second-order valence-corrected chi connectivity index (χ2v) is 7.60. The molecule has 32 heavy (non-hydrogen) atoms. The first kappa shape index (κ1) is 21.7. The van der Waals surface area contributed by atoms with Gasteiger partial charge >= 0.3 is 5.97 Å². The molecule has 1 heterocycles. The number of hydrogen-bond donors (Lipinski definition) is 1. The number of hydrogen-bond acceptors (Lipinski definition) is 5. The molecule has 164 valence electrons. The fourth-order valence-corrected chi connectivity index (χ4v) is 3.82. The predicted octanol–water partition coefficient (Wildman–Crippen LogP) is 5.29.